The van der Waals surface area contributed by atoms with Gasteiger partial charge in [-0.15, -0.1) is 0 Å². The van der Waals surface area contributed by atoms with Gasteiger partial charge in [0.1, 0.15) is 5.60 Å². The van der Waals surface area contributed by atoms with E-state index < -0.39 is 11.7 Å². The van der Waals surface area contributed by atoms with Gasteiger partial charge >= 0.3 is 6.09 Å². The van der Waals surface area contributed by atoms with Gasteiger partial charge < -0.3 is 19.7 Å². The number of para-hydroxylation sites is 1. The van der Waals surface area contributed by atoms with Gasteiger partial charge in [0.25, 0.3) is 5.91 Å². The number of amides is 2. The molecule has 1 saturated heterocycles. The average molecular weight is 432 g/mol. The molecular weight excluding hydrogens is 406 g/mol. The fraction of sp³-hybridized carbons (Fsp3) is 0.364. The Hall–Kier alpha value is -2.77. The van der Waals surface area contributed by atoms with Crippen molar-refractivity contribution in [2.24, 2.45) is 0 Å². The van der Waals surface area contributed by atoms with Crippen molar-refractivity contribution in [3.05, 3.63) is 53.1 Å². The average Bonchev–Trinajstić information content (AvgIpc) is 2.67. The lowest BCUT2D eigenvalue weighted by Gasteiger charge is -2.31. The van der Waals surface area contributed by atoms with Crippen LogP contribution >= 0.6 is 11.6 Å². The van der Waals surface area contributed by atoms with Crippen molar-refractivity contribution in [3.63, 3.8) is 0 Å². The van der Waals surface area contributed by atoms with Crippen LogP contribution in [0, 0.1) is 0 Å². The van der Waals surface area contributed by atoms with Gasteiger partial charge in [0.15, 0.2) is 0 Å². The lowest BCUT2D eigenvalue weighted by molar-refractivity contribution is 0.0635. The number of ether oxygens (including phenoxy) is 2. The molecule has 2 N–H and O–H groups in total. The summed E-state index contributed by atoms with van der Waals surface area (Å²) < 4.78 is 10.7. The first kappa shape index (κ1) is 21.9. The summed E-state index contributed by atoms with van der Waals surface area (Å²) in [7, 11) is 0. The van der Waals surface area contributed by atoms with E-state index in [0.29, 0.717) is 48.3 Å². The zero-order valence-corrected chi connectivity index (χ0v) is 18.1. The van der Waals surface area contributed by atoms with Crippen molar-refractivity contribution in [2.45, 2.75) is 26.4 Å². The number of carbonyl (C=O) groups excluding carboxylic acids is 2. The van der Waals surface area contributed by atoms with E-state index in [0.717, 1.165) is 5.69 Å². The van der Waals surface area contributed by atoms with E-state index in [1.807, 2.05) is 6.07 Å². The van der Waals surface area contributed by atoms with Crippen molar-refractivity contribution in [1.29, 1.82) is 0 Å². The molecule has 1 fully saturated rings. The molecule has 2 amide bonds. The standard InChI is InChI=1S/C22H26ClN3O4/c1-22(2,3)30-21(28)24-16-7-4-6-15(14-16)20(27)25-18-9-5-8-17(23)19(18)26-10-12-29-13-11-26/h4-9,14H,10-13H2,1-3H3,(H,24,28)(H,25,27). The van der Waals surface area contributed by atoms with Gasteiger partial charge in [-0.2, -0.15) is 0 Å². The van der Waals surface area contributed by atoms with Crippen LogP contribution in [0.4, 0.5) is 21.9 Å². The molecule has 0 radical (unpaired) electrons. The summed E-state index contributed by atoms with van der Waals surface area (Å²) in [6.45, 7) is 7.96. The van der Waals surface area contributed by atoms with Crippen LogP contribution in [-0.2, 0) is 9.47 Å². The maximum Gasteiger partial charge on any atom is 0.412 e. The maximum atomic E-state index is 12.9. The Labute approximate surface area is 181 Å². The van der Waals surface area contributed by atoms with E-state index >= 15 is 0 Å². The third kappa shape index (κ3) is 5.87. The van der Waals surface area contributed by atoms with Crippen LogP contribution < -0.4 is 15.5 Å². The number of anilines is 3. The molecule has 1 aliphatic heterocycles. The molecule has 2 aromatic carbocycles. The molecule has 0 aromatic heterocycles. The Bertz CT molecular complexity index is 921. The lowest BCUT2D eigenvalue weighted by atomic mass is 10.1. The largest absolute Gasteiger partial charge is 0.444 e. The van der Waals surface area contributed by atoms with Crippen molar-refractivity contribution in [3.8, 4) is 0 Å². The Morgan fingerprint density at radius 3 is 2.47 bits per heavy atom. The molecule has 0 bridgehead atoms. The topological polar surface area (TPSA) is 79.9 Å². The van der Waals surface area contributed by atoms with E-state index in [9.17, 15) is 9.59 Å². The summed E-state index contributed by atoms with van der Waals surface area (Å²) in [6, 6.07) is 12.1. The molecular formula is C22H26ClN3O4. The summed E-state index contributed by atoms with van der Waals surface area (Å²) in [6.07, 6.45) is -0.579. The monoisotopic (exact) mass is 431 g/mol. The zero-order valence-electron chi connectivity index (χ0n) is 17.3. The molecule has 0 atom stereocenters. The predicted octanol–water partition coefficient (Wildman–Crippen LogP) is 4.78. The van der Waals surface area contributed by atoms with E-state index in [4.69, 9.17) is 21.1 Å². The second-order valence-corrected chi connectivity index (χ2v) is 8.30. The Morgan fingerprint density at radius 2 is 1.77 bits per heavy atom. The SMILES string of the molecule is CC(C)(C)OC(=O)Nc1cccc(C(=O)Nc2cccc(Cl)c2N2CCOCC2)c1. The van der Waals surface area contributed by atoms with Gasteiger partial charge in [0, 0.05) is 24.3 Å². The third-order valence-electron chi connectivity index (χ3n) is 4.33. The van der Waals surface area contributed by atoms with E-state index in [1.165, 1.54) is 0 Å². The molecule has 7 nitrogen and oxygen atoms in total. The summed E-state index contributed by atoms with van der Waals surface area (Å²) in [5.41, 5.74) is 1.66. The molecule has 160 valence electrons. The van der Waals surface area contributed by atoms with Crippen LogP contribution in [0.25, 0.3) is 0 Å². The minimum Gasteiger partial charge on any atom is -0.444 e. The smallest absolute Gasteiger partial charge is 0.412 e. The molecule has 0 aliphatic carbocycles. The molecule has 1 heterocycles. The van der Waals surface area contributed by atoms with Crippen LogP contribution in [0.5, 0.6) is 0 Å². The number of morpholine rings is 1. The first-order valence-electron chi connectivity index (χ1n) is 9.75. The minimum atomic E-state index is -0.610. The van der Waals surface area contributed by atoms with Gasteiger partial charge in [-0.1, -0.05) is 23.7 Å². The number of carbonyl (C=O) groups is 2. The highest BCUT2D eigenvalue weighted by atomic mass is 35.5. The number of nitrogens with zero attached hydrogens (tertiary/aromatic N) is 1. The first-order valence-corrected chi connectivity index (χ1v) is 10.1. The van der Waals surface area contributed by atoms with Crippen LogP contribution in [-0.4, -0.2) is 43.9 Å². The van der Waals surface area contributed by atoms with Crippen molar-refractivity contribution in [2.75, 3.05) is 41.8 Å². The number of benzene rings is 2. The molecule has 0 unspecified atom stereocenters. The van der Waals surface area contributed by atoms with Gasteiger partial charge in [0.2, 0.25) is 0 Å². The summed E-state index contributed by atoms with van der Waals surface area (Å²) in [5, 5.41) is 6.14. The highest BCUT2D eigenvalue weighted by molar-refractivity contribution is 6.34. The lowest BCUT2D eigenvalue weighted by Crippen LogP contribution is -2.37. The van der Waals surface area contributed by atoms with Gasteiger partial charge in [0.05, 0.1) is 29.6 Å². The van der Waals surface area contributed by atoms with Crippen LogP contribution in [0.1, 0.15) is 31.1 Å². The normalized spacial score (nSPS) is 14.2. The van der Waals surface area contributed by atoms with Crippen LogP contribution in [0.3, 0.4) is 0 Å². The maximum absolute atomic E-state index is 12.9. The van der Waals surface area contributed by atoms with Crippen LogP contribution in [0.15, 0.2) is 42.5 Å². The molecule has 1 aliphatic rings. The summed E-state index contributed by atoms with van der Waals surface area (Å²) >= 11 is 6.43. The quantitative estimate of drug-likeness (QED) is 0.728. The summed E-state index contributed by atoms with van der Waals surface area (Å²) in [4.78, 5) is 27.0. The number of nitrogens with one attached hydrogen (secondary N) is 2. The highest BCUT2D eigenvalue weighted by Gasteiger charge is 2.20. The van der Waals surface area contributed by atoms with Gasteiger partial charge in [-0.05, 0) is 51.1 Å². The number of hydrogen-bond acceptors (Lipinski definition) is 5. The number of rotatable bonds is 4. The minimum absolute atomic E-state index is 0.306. The van der Waals surface area contributed by atoms with Crippen molar-refractivity contribution >= 4 is 40.7 Å². The molecule has 2 aromatic rings. The van der Waals surface area contributed by atoms with E-state index in [2.05, 4.69) is 15.5 Å². The molecule has 8 heteroatoms. The Kier molecular flexibility index (Phi) is 6.84. The first-order chi connectivity index (χ1) is 14.2. The molecule has 0 spiro atoms. The third-order valence-corrected chi connectivity index (χ3v) is 4.64. The second-order valence-electron chi connectivity index (χ2n) is 7.90. The van der Waals surface area contributed by atoms with Crippen molar-refractivity contribution < 1.29 is 19.1 Å². The summed E-state index contributed by atoms with van der Waals surface area (Å²) in [5.74, 6) is -0.306. The predicted molar refractivity (Wildman–Crippen MR) is 119 cm³/mol. The Morgan fingerprint density at radius 1 is 1.07 bits per heavy atom. The fourth-order valence-corrected chi connectivity index (χ4v) is 3.37. The van der Waals surface area contributed by atoms with E-state index in [1.54, 1.807) is 57.2 Å². The van der Waals surface area contributed by atoms with Gasteiger partial charge in [-0.3, -0.25) is 10.1 Å². The second kappa shape index (κ2) is 9.36. The highest BCUT2D eigenvalue weighted by Crippen LogP contribution is 2.34. The Balaban J connectivity index is 1.75. The molecule has 30 heavy (non-hydrogen) atoms. The van der Waals surface area contributed by atoms with Crippen molar-refractivity contribution in [1.82, 2.24) is 0 Å². The fourth-order valence-electron chi connectivity index (χ4n) is 3.08. The van der Waals surface area contributed by atoms with Gasteiger partial charge in [-0.25, -0.2) is 4.79 Å². The number of hydrogen-bond donors (Lipinski definition) is 2. The van der Waals surface area contributed by atoms with Crippen LogP contribution in [0.2, 0.25) is 5.02 Å². The number of halogens is 1. The molecule has 0 saturated carbocycles. The van der Waals surface area contributed by atoms with E-state index in [-0.39, 0.29) is 5.91 Å². The molecule has 3 rings (SSSR count). The zero-order chi connectivity index (χ0) is 21.7.